The largest absolute Gasteiger partial charge is 0.416 e. The summed E-state index contributed by atoms with van der Waals surface area (Å²) in [5.41, 5.74) is 0.697. The van der Waals surface area contributed by atoms with Crippen molar-refractivity contribution >= 4 is 11.0 Å². The van der Waals surface area contributed by atoms with Gasteiger partial charge in [0.1, 0.15) is 5.52 Å². The average Bonchev–Trinajstić information content (AvgIpc) is 3.44. The normalized spacial score (nSPS) is 12.2. The second-order valence-electron chi connectivity index (χ2n) is 9.12. The maximum atomic E-state index is 13.4. The van der Waals surface area contributed by atoms with Gasteiger partial charge < -0.3 is 4.98 Å². The summed E-state index contributed by atoms with van der Waals surface area (Å²) in [7, 11) is 0. The fourth-order valence-corrected chi connectivity index (χ4v) is 4.20. The Labute approximate surface area is 199 Å². The average molecular weight is 488 g/mol. The van der Waals surface area contributed by atoms with Gasteiger partial charge in [-0.3, -0.25) is 18.6 Å². The third-order valence-electron chi connectivity index (χ3n) is 5.89. The molecule has 0 bridgehead atoms. The van der Waals surface area contributed by atoms with Crippen molar-refractivity contribution in [2.75, 3.05) is 0 Å². The van der Waals surface area contributed by atoms with Crippen LogP contribution < -0.4 is 11.2 Å². The first-order valence-electron chi connectivity index (χ1n) is 11.6. The standard InChI is InChI=1S/C25H28F3N5O2/c1-4-5-10-32-21-11-20(30-22(21)23(34)33(24(32)35)13-16(2)3)18-12-29-31(15-18)14-17-8-6-7-9-19(17)25(26,27)28/h6-9,11-12,15-16,30H,4-5,10,13-14H2,1-3H3. The molecule has 0 spiro atoms. The first kappa shape index (κ1) is 24.6. The molecular weight excluding hydrogens is 459 g/mol. The van der Waals surface area contributed by atoms with Crippen LogP contribution in [0.15, 0.2) is 52.3 Å². The zero-order valence-corrected chi connectivity index (χ0v) is 19.9. The van der Waals surface area contributed by atoms with Crippen molar-refractivity contribution in [3.63, 3.8) is 0 Å². The summed E-state index contributed by atoms with van der Waals surface area (Å²) in [6, 6.07) is 7.13. The number of alkyl halides is 3. The molecule has 186 valence electrons. The van der Waals surface area contributed by atoms with E-state index in [2.05, 4.69) is 10.1 Å². The highest BCUT2D eigenvalue weighted by Gasteiger charge is 2.33. The van der Waals surface area contributed by atoms with E-state index in [0.29, 0.717) is 35.4 Å². The number of hydrogen-bond donors (Lipinski definition) is 1. The van der Waals surface area contributed by atoms with Gasteiger partial charge in [0.25, 0.3) is 5.56 Å². The first-order chi connectivity index (χ1) is 16.6. The molecule has 35 heavy (non-hydrogen) atoms. The Kier molecular flexibility index (Phi) is 6.73. The number of unbranched alkanes of at least 4 members (excludes halogenated alkanes) is 1. The summed E-state index contributed by atoms with van der Waals surface area (Å²) in [6.07, 6.45) is 0.371. The third-order valence-corrected chi connectivity index (χ3v) is 5.89. The Hall–Kier alpha value is -3.56. The SMILES string of the molecule is CCCCn1c(=O)n(CC(C)C)c(=O)c2[nH]c(-c3cnn(Cc4ccccc4C(F)(F)F)c3)cc21. The summed E-state index contributed by atoms with van der Waals surface area (Å²) in [6.45, 7) is 6.65. The molecule has 0 radical (unpaired) electrons. The minimum absolute atomic E-state index is 0.0572. The van der Waals surface area contributed by atoms with E-state index in [-0.39, 0.29) is 29.3 Å². The van der Waals surface area contributed by atoms with E-state index in [1.54, 1.807) is 22.9 Å². The van der Waals surface area contributed by atoms with Crippen molar-refractivity contribution in [1.82, 2.24) is 23.9 Å². The van der Waals surface area contributed by atoms with Gasteiger partial charge in [0.05, 0.1) is 29.5 Å². The maximum absolute atomic E-state index is 13.4. The predicted molar refractivity (Wildman–Crippen MR) is 128 cm³/mol. The highest BCUT2D eigenvalue weighted by molar-refractivity contribution is 5.82. The van der Waals surface area contributed by atoms with Crippen LogP contribution in [0.4, 0.5) is 13.2 Å². The Morgan fingerprint density at radius 1 is 1.11 bits per heavy atom. The number of aromatic amines is 1. The number of nitrogens with one attached hydrogen (secondary N) is 1. The Bertz CT molecular complexity index is 1460. The topological polar surface area (TPSA) is 77.6 Å². The Morgan fingerprint density at radius 3 is 2.54 bits per heavy atom. The van der Waals surface area contributed by atoms with Crippen molar-refractivity contribution in [3.05, 3.63) is 74.7 Å². The monoisotopic (exact) mass is 487 g/mol. The molecule has 1 aromatic carbocycles. The summed E-state index contributed by atoms with van der Waals surface area (Å²) < 4.78 is 44.4. The van der Waals surface area contributed by atoms with Crippen molar-refractivity contribution in [2.45, 2.75) is 59.4 Å². The Morgan fingerprint density at radius 2 is 1.86 bits per heavy atom. The molecule has 3 aromatic heterocycles. The van der Waals surface area contributed by atoms with Crippen molar-refractivity contribution in [1.29, 1.82) is 0 Å². The summed E-state index contributed by atoms with van der Waals surface area (Å²) in [5.74, 6) is 0.115. The molecule has 0 fully saturated rings. The Balaban J connectivity index is 1.75. The van der Waals surface area contributed by atoms with Crippen LogP contribution in [0.1, 0.15) is 44.7 Å². The smallest absolute Gasteiger partial charge is 0.349 e. The van der Waals surface area contributed by atoms with E-state index in [0.717, 1.165) is 18.9 Å². The number of hydrogen-bond acceptors (Lipinski definition) is 3. The number of aryl methyl sites for hydroxylation is 1. The van der Waals surface area contributed by atoms with Crippen molar-refractivity contribution in [3.8, 4) is 11.3 Å². The minimum Gasteiger partial charge on any atom is -0.349 e. The second-order valence-corrected chi connectivity index (χ2v) is 9.12. The van der Waals surface area contributed by atoms with E-state index in [4.69, 9.17) is 0 Å². The number of aromatic nitrogens is 5. The molecular formula is C25H28F3N5O2. The van der Waals surface area contributed by atoms with Gasteiger partial charge in [0.15, 0.2) is 0 Å². The van der Waals surface area contributed by atoms with Crippen LogP contribution in [-0.4, -0.2) is 23.9 Å². The highest BCUT2D eigenvalue weighted by Crippen LogP contribution is 2.32. The zero-order chi connectivity index (χ0) is 25.3. The van der Waals surface area contributed by atoms with E-state index in [9.17, 15) is 22.8 Å². The van der Waals surface area contributed by atoms with Gasteiger partial charge in [-0.05, 0) is 30.0 Å². The molecule has 0 saturated carbocycles. The van der Waals surface area contributed by atoms with Gasteiger partial charge in [0, 0.05) is 24.8 Å². The lowest BCUT2D eigenvalue weighted by Crippen LogP contribution is -2.41. The number of benzene rings is 1. The van der Waals surface area contributed by atoms with Crippen LogP contribution in [-0.2, 0) is 25.8 Å². The molecule has 0 aliphatic rings. The quantitative estimate of drug-likeness (QED) is 0.385. The molecule has 4 rings (SSSR count). The molecule has 0 amide bonds. The summed E-state index contributed by atoms with van der Waals surface area (Å²) in [5, 5.41) is 4.23. The van der Waals surface area contributed by atoms with Crippen LogP contribution in [0.5, 0.6) is 0 Å². The number of rotatable bonds is 8. The molecule has 0 unspecified atom stereocenters. The van der Waals surface area contributed by atoms with Crippen molar-refractivity contribution < 1.29 is 13.2 Å². The molecule has 0 saturated heterocycles. The molecule has 0 atom stereocenters. The molecule has 7 nitrogen and oxygen atoms in total. The molecule has 3 heterocycles. The lowest BCUT2D eigenvalue weighted by molar-refractivity contribution is -0.138. The second kappa shape index (κ2) is 9.59. The highest BCUT2D eigenvalue weighted by atomic mass is 19.4. The summed E-state index contributed by atoms with van der Waals surface area (Å²) >= 11 is 0. The van der Waals surface area contributed by atoms with Gasteiger partial charge in [0.2, 0.25) is 0 Å². The third kappa shape index (κ3) is 4.96. The van der Waals surface area contributed by atoms with Crippen LogP contribution in [0.2, 0.25) is 0 Å². The molecule has 4 aromatic rings. The van der Waals surface area contributed by atoms with Crippen LogP contribution in [0.3, 0.4) is 0 Å². The predicted octanol–water partition coefficient (Wildman–Crippen LogP) is 4.88. The number of H-pyrrole nitrogens is 1. The lowest BCUT2D eigenvalue weighted by Gasteiger charge is -2.13. The van der Waals surface area contributed by atoms with Crippen LogP contribution in [0.25, 0.3) is 22.3 Å². The molecule has 0 aliphatic heterocycles. The van der Waals surface area contributed by atoms with Crippen LogP contribution in [0, 0.1) is 5.92 Å². The number of fused-ring (bicyclic) bond motifs is 1. The van der Waals surface area contributed by atoms with Crippen LogP contribution >= 0.6 is 0 Å². The van der Waals surface area contributed by atoms with Gasteiger partial charge in [-0.25, -0.2) is 4.79 Å². The van der Waals surface area contributed by atoms with Crippen molar-refractivity contribution in [2.24, 2.45) is 5.92 Å². The fourth-order valence-electron chi connectivity index (χ4n) is 4.20. The van der Waals surface area contributed by atoms with Gasteiger partial charge in [-0.1, -0.05) is 45.4 Å². The minimum atomic E-state index is -4.46. The number of halogens is 3. The van der Waals surface area contributed by atoms with Gasteiger partial charge >= 0.3 is 11.9 Å². The molecule has 0 aliphatic carbocycles. The summed E-state index contributed by atoms with van der Waals surface area (Å²) in [4.78, 5) is 29.4. The van der Waals surface area contributed by atoms with Gasteiger partial charge in [-0.15, -0.1) is 0 Å². The fraction of sp³-hybridized carbons (Fsp3) is 0.400. The van der Waals surface area contributed by atoms with E-state index in [1.807, 2.05) is 20.8 Å². The lowest BCUT2D eigenvalue weighted by atomic mass is 10.1. The molecule has 10 heteroatoms. The van der Waals surface area contributed by atoms with E-state index < -0.39 is 11.7 Å². The first-order valence-corrected chi connectivity index (χ1v) is 11.6. The van der Waals surface area contributed by atoms with E-state index >= 15 is 0 Å². The zero-order valence-electron chi connectivity index (χ0n) is 19.9. The maximum Gasteiger partial charge on any atom is 0.416 e. The van der Waals surface area contributed by atoms with E-state index in [1.165, 1.54) is 27.6 Å². The van der Waals surface area contributed by atoms with Gasteiger partial charge in [-0.2, -0.15) is 18.3 Å². The number of nitrogens with zero attached hydrogens (tertiary/aromatic N) is 4. The molecule has 1 N–H and O–H groups in total.